The summed E-state index contributed by atoms with van der Waals surface area (Å²) in [5.41, 5.74) is 5.86. The summed E-state index contributed by atoms with van der Waals surface area (Å²) in [7, 11) is 0. The Labute approximate surface area is 111 Å². The molecule has 18 heavy (non-hydrogen) atoms. The van der Waals surface area contributed by atoms with Crippen LogP contribution in [0.2, 0.25) is 0 Å². The number of benzene rings is 1. The molecule has 0 saturated heterocycles. The molecule has 1 aromatic rings. The molecule has 0 radical (unpaired) electrons. The van der Waals surface area contributed by atoms with Crippen LogP contribution in [0.15, 0.2) is 24.3 Å². The molecule has 1 aromatic carbocycles. The van der Waals surface area contributed by atoms with Crippen LogP contribution in [0.3, 0.4) is 0 Å². The Morgan fingerprint density at radius 1 is 1.50 bits per heavy atom. The Hall–Kier alpha value is -1.53. The second kappa shape index (κ2) is 7.03. The fraction of sp³-hybridized carbons (Fsp3) is 0.333. The smallest absolute Gasteiger partial charge is 0.238 e. The van der Waals surface area contributed by atoms with Gasteiger partial charge in [0.15, 0.2) is 0 Å². The summed E-state index contributed by atoms with van der Waals surface area (Å²) in [6.45, 7) is 3.13. The van der Waals surface area contributed by atoms with Crippen LogP contribution < -0.4 is 11.1 Å². The van der Waals surface area contributed by atoms with Crippen molar-refractivity contribution in [3.05, 3.63) is 30.1 Å². The van der Waals surface area contributed by atoms with E-state index in [1.807, 2.05) is 6.92 Å². The average molecular weight is 269 g/mol. The molecule has 1 rings (SSSR count). The largest absolute Gasteiger partial charge is 0.392 e. The number of amides is 1. The highest BCUT2D eigenvalue weighted by molar-refractivity contribution is 7.80. The van der Waals surface area contributed by atoms with Crippen LogP contribution in [0.1, 0.15) is 6.92 Å². The minimum atomic E-state index is -0.386. The van der Waals surface area contributed by atoms with E-state index in [4.69, 9.17) is 18.0 Å². The Morgan fingerprint density at radius 2 is 2.22 bits per heavy atom. The van der Waals surface area contributed by atoms with Gasteiger partial charge < -0.3 is 11.1 Å². The van der Waals surface area contributed by atoms with Gasteiger partial charge in [-0.3, -0.25) is 9.69 Å². The van der Waals surface area contributed by atoms with E-state index in [1.165, 1.54) is 18.2 Å². The Morgan fingerprint density at radius 3 is 2.78 bits per heavy atom. The summed E-state index contributed by atoms with van der Waals surface area (Å²) in [5, 5.41) is 2.62. The Bertz CT molecular complexity index is 439. The number of thiocarbonyl (C=S) groups is 1. The van der Waals surface area contributed by atoms with Crippen LogP contribution in [0.25, 0.3) is 0 Å². The van der Waals surface area contributed by atoms with Crippen molar-refractivity contribution in [2.75, 3.05) is 25.0 Å². The first kappa shape index (κ1) is 14.5. The quantitative estimate of drug-likeness (QED) is 0.766. The predicted molar refractivity (Wildman–Crippen MR) is 73.9 cm³/mol. The van der Waals surface area contributed by atoms with Gasteiger partial charge in [0.2, 0.25) is 5.91 Å². The van der Waals surface area contributed by atoms with Crippen LogP contribution in [0.4, 0.5) is 10.1 Å². The molecule has 0 atom stereocenters. The van der Waals surface area contributed by atoms with Gasteiger partial charge >= 0.3 is 0 Å². The van der Waals surface area contributed by atoms with Gasteiger partial charge in [0, 0.05) is 12.2 Å². The molecule has 0 aliphatic heterocycles. The second-order valence-electron chi connectivity index (χ2n) is 3.83. The molecule has 98 valence electrons. The van der Waals surface area contributed by atoms with Crippen molar-refractivity contribution in [3.63, 3.8) is 0 Å². The number of nitrogens with two attached hydrogens (primary N) is 1. The van der Waals surface area contributed by atoms with Crippen LogP contribution in [0, 0.1) is 5.82 Å². The Kier molecular flexibility index (Phi) is 5.67. The van der Waals surface area contributed by atoms with Crippen LogP contribution in [-0.4, -0.2) is 35.4 Å². The summed E-state index contributed by atoms with van der Waals surface area (Å²) >= 11 is 4.79. The summed E-state index contributed by atoms with van der Waals surface area (Å²) in [5.74, 6) is -0.609. The van der Waals surface area contributed by atoms with E-state index in [0.29, 0.717) is 23.8 Å². The van der Waals surface area contributed by atoms with E-state index < -0.39 is 0 Å². The van der Waals surface area contributed by atoms with Crippen molar-refractivity contribution in [3.8, 4) is 0 Å². The zero-order valence-electron chi connectivity index (χ0n) is 10.1. The Balaban J connectivity index is 2.52. The second-order valence-corrected chi connectivity index (χ2v) is 4.35. The highest BCUT2D eigenvalue weighted by Crippen LogP contribution is 2.08. The zero-order valence-corrected chi connectivity index (χ0v) is 11.0. The minimum Gasteiger partial charge on any atom is -0.392 e. The lowest BCUT2D eigenvalue weighted by Gasteiger charge is -2.18. The third-order valence-corrected chi connectivity index (χ3v) is 2.43. The number of hydrogen-bond donors (Lipinski definition) is 2. The van der Waals surface area contributed by atoms with Crippen molar-refractivity contribution in [1.29, 1.82) is 0 Å². The normalized spacial score (nSPS) is 10.4. The summed E-state index contributed by atoms with van der Waals surface area (Å²) in [4.78, 5) is 13.9. The number of carbonyl (C=O) groups excluding carboxylic acids is 1. The van der Waals surface area contributed by atoms with Gasteiger partial charge in [-0.05, 0) is 24.7 Å². The molecule has 1 amide bonds. The molecule has 3 N–H and O–H groups in total. The van der Waals surface area contributed by atoms with Gasteiger partial charge in [0.1, 0.15) is 5.82 Å². The molecule has 0 fully saturated rings. The fourth-order valence-corrected chi connectivity index (χ4v) is 1.65. The minimum absolute atomic E-state index is 0.171. The van der Waals surface area contributed by atoms with Gasteiger partial charge in [0.25, 0.3) is 0 Å². The number of likely N-dealkylation sites (N-methyl/N-ethyl adjacent to an activating group) is 1. The van der Waals surface area contributed by atoms with E-state index in [2.05, 4.69) is 5.32 Å². The number of carbonyl (C=O) groups is 1. The maximum absolute atomic E-state index is 12.9. The van der Waals surface area contributed by atoms with Gasteiger partial charge in [-0.2, -0.15) is 0 Å². The lowest BCUT2D eigenvalue weighted by atomic mass is 10.3. The van der Waals surface area contributed by atoms with Crippen LogP contribution in [0.5, 0.6) is 0 Å². The molecule has 0 spiro atoms. The molecule has 0 aliphatic rings. The van der Waals surface area contributed by atoms with Gasteiger partial charge in [-0.25, -0.2) is 4.39 Å². The van der Waals surface area contributed by atoms with E-state index >= 15 is 0 Å². The van der Waals surface area contributed by atoms with Gasteiger partial charge in [-0.15, -0.1) is 0 Å². The van der Waals surface area contributed by atoms with Crippen molar-refractivity contribution >= 4 is 28.8 Å². The predicted octanol–water partition coefficient (Wildman–Crippen LogP) is 1.37. The standard InChI is InChI=1S/C12H16FN3OS/c1-2-16(7-11(14)18)8-12(17)15-10-5-3-4-9(13)6-10/h3-6H,2,7-8H2,1H3,(H2,14,18)(H,15,17). The summed E-state index contributed by atoms with van der Waals surface area (Å²) in [6.07, 6.45) is 0. The van der Waals surface area contributed by atoms with E-state index in [1.54, 1.807) is 11.0 Å². The SMILES string of the molecule is CCN(CC(=O)Nc1cccc(F)c1)CC(N)=S. The zero-order chi connectivity index (χ0) is 13.5. The maximum atomic E-state index is 12.9. The van der Waals surface area contributed by atoms with Gasteiger partial charge in [0.05, 0.1) is 11.5 Å². The lowest BCUT2D eigenvalue weighted by Crippen LogP contribution is -2.38. The third kappa shape index (κ3) is 5.20. The molecule has 4 nitrogen and oxygen atoms in total. The highest BCUT2D eigenvalue weighted by atomic mass is 32.1. The van der Waals surface area contributed by atoms with Crippen molar-refractivity contribution in [2.45, 2.75) is 6.92 Å². The first-order chi connectivity index (χ1) is 8.51. The molecular formula is C12H16FN3OS. The number of hydrogen-bond acceptors (Lipinski definition) is 3. The summed E-state index contributed by atoms with van der Waals surface area (Å²) in [6, 6.07) is 5.75. The molecule has 0 unspecified atom stereocenters. The molecule has 0 heterocycles. The molecule has 0 bridgehead atoms. The van der Waals surface area contributed by atoms with Crippen molar-refractivity contribution < 1.29 is 9.18 Å². The molecule has 0 saturated carbocycles. The number of nitrogens with zero attached hydrogens (tertiary/aromatic N) is 1. The van der Waals surface area contributed by atoms with Gasteiger partial charge in [-0.1, -0.05) is 25.2 Å². The fourth-order valence-electron chi connectivity index (χ4n) is 1.47. The molecule has 0 aliphatic carbocycles. The van der Waals surface area contributed by atoms with Crippen LogP contribution >= 0.6 is 12.2 Å². The average Bonchev–Trinajstić information content (AvgIpc) is 2.27. The van der Waals surface area contributed by atoms with E-state index in [0.717, 1.165) is 0 Å². The van der Waals surface area contributed by atoms with Crippen LogP contribution in [-0.2, 0) is 4.79 Å². The topological polar surface area (TPSA) is 58.4 Å². The number of anilines is 1. The first-order valence-electron chi connectivity index (χ1n) is 5.57. The lowest BCUT2D eigenvalue weighted by molar-refractivity contribution is -0.117. The molecule has 0 aromatic heterocycles. The van der Waals surface area contributed by atoms with E-state index in [-0.39, 0.29) is 18.3 Å². The van der Waals surface area contributed by atoms with Crippen molar-refractivity contribution in [1.82, 2.24) is 4.90 Å². The first-order valence-corrected chi connectivity index (χ1v) is 5.98. The van der Waals surface area contributed by atoms with Crippen molar-refractivity contribution in [2.24, 2.45) is 5.73 Å². The molecule has 6 heteroatoms. The molecular weight excluding hydrogens is 253 g/mol. The third-order valence-electron chi connectivity index (χ3n) is 2.30. The number of nitrogens with one attached hydrogen (secondary N) is 1. The summed E-state index contributed by atoms with van der Waals surface area (Å²) < 4.78 is 12.9. The van der Waals surface area contributed by atoms with E-state index in [9.17, 15) is 9.18 Å². The monoisotopic (exact) mass is 269 g/mol. The number of halogens is 1. The maximum Gasteiger partial charge on any atom is 0.238 e. The highest BCUT2D eigenvalue weighted by Gasteiger charge is 2.10. The number of rotatable bonds is 6.